The van der Waals surface area contributed by atoms with Crippen molar-refractivity contribution >= 4 is 40.4 Å². The first-order valence-corrected chi connectivity index (χ1v) is 6.90. The molecule has 0 radical (unpaired) electrons. The van der Waals surface area contributed by atoms with Crippen LogP contribution in [0.1, 0.15) is 0 Å². The molecule has 9 heteroatoms. The zero-order valence-corrected chi connectivity index (χ0v) is 11.6. The van der Waals surface area contributed by atoms with Crippen molar-refractivity contribution in [3.05, 3.63) is 35.9 Å². The van der Waals surface area contributed by atoms with Gasteiger partial charge in [-0.05, 0) is 18.2 Å². The number of nitrogens with one attached hydrogen (secondary N) is 1. The molecular weight excluding hydrogens is 302 g/mol. The topological polar surface area (TPSA) is 85.8 Å². The van der Waals surface area contributed by atoms with E-state index in [1.165, 1.54) is 29.1 Å². The third-order valence-corrected chi connectivity index (χ3v) is 3.39. The molecule has 0 aliphatic rings. The summed E-state index contributed by atoms with van der Waals surface area (Å²) in [4.78, 5) is 15.9. The summed E-state index contributed by atoms with van der Waals surface area (Å²) in [7, 11) is 0. The number of halogens is 1. The molecule has 0 spiro atoms. The quantitative estimate of drug-likeness (QED) is 0.741. The average Bonchev–Trinajstić information content (AvgIpc) is 3.04. The highest BCUT2D eigenvalue weighted by Crippen LogP contribution is 2.25. The Bertz CT molecular complexity index is 742. The van der Waals surface area contributed by atoms with Crippen molar-refractivity contribution in [2.75, 3.05) is 11.2 Å². The van der Waals surface area contributed by atoms with E-state index in [2.05, 4.69) is 20.6 Å². The number of benzene rings is 1. The van der Waals surface area contributed by atoms with Gasteiger partial charge in [-0.2, -0.15) is 0 Å². The Morgan fingerprint density at radius 1 is 1.40 bits per heavy atom. The first-order chi connectivity index (χ1) is 9.70. The number of nitrogens with zero attached hydrogens (tertiary/aromatic N) is 4. The van der Waals surface area contributed by atoms with Crippen molar-refractivity contribution in [2.24, 2.45) is 0 Å². The third kappa shape index (κ3) is 2.91. The number of carbonyl (C=O) groups is 1. The molecule has 3 aromatic rings. The number of hydrogen-bond acceptors (Lipinski definition) is 6. The summed E-state index contributed by atoms with van der Waals surface area (Å²) >= 11 is 7.06. The summed E-state index contributed by atoms with van der Waals surface area (Å²) in [6.07, 6.45) is 2.79. The van der Waals surface area contributed by atoms with Gasteiger partial charge < -0.3 is 4.42 Å². The van der Waals surface area contributed by atoms with E-state index < -0.39 is 0 Å². The van der Waals surface area contributed by atoms with Gasteiger partial charge >= 0.3 is 0 Å². The van der Waals surface area contributed by atoms with Gasteiger partial charge in [0.15, 0.2) is 5.58 Å². The van der Waals surface area contributed by atoms with E-state index in [1.54, 1.807) is 18.2 Å². The molecule has 2 aromatic heterocycles. The molecule has 0 unspecified atom stereocenters. The Labute approximate surface area is 122 Å². The van der Waals surface area contributed by atoms with Gasteiger partial charge in [0.1, 0.15) is 18.2 Å². The minimum atomic E-state index is -0.213. The van der Waals surface area contributed by atoms with E-state index in [0.29, 0.717) is 21.3 Å². The van der Waals surface area contributed by atoms with Gasteiger partial charge in [-0.1, -0.05) is 23.4 Å². The number of rotatable bonds is 4. The van der Waals surface area contributed by atoms with Crippen LogP contribution in [-0.4, -0.2) is 31.5 Å². The van der Waals surface area contributed by atoms with E-state index in [9.17, 15) is 4.79 Å². The molecule has 0 atom stereocenters. The van der Waals surface area contributed by atoms with Gasteiger partial charge in [-0.3, -0.25) is 10.2 Å². The molecule has 0 aliphatic carbocycles. The normalized spacial score (nSPS) is 10.8. The fraction of sp³-hybridized carbons (Fsp3) is 0.0909. The second-order valence-electron chi connectivity index (χ2n) is 3.78. The first-order valence-electron chi connectivity index (χ1n) is 5.54. The SMILES string of the molecule is O=C(CSc1nc2cc(Cl)ccc2o1)Nn1cnnc1. The molecule has 1 N–H and O–H groups in total. The third-order valence-electron chi connectivity index (χ3n) is 2.33. The summed E-state index contributed by atoms with van der Waals surface area (Å²) < 4.78 is 6.86. The van der Waals surface area contributed by atoms with Crippen molar-refractivity contribution in [3.8, 4) is 0 Å². The number of aromatic nitrogens is 4. The second-order valence-corrected chi connectivity index (χ2v) is 5.15. The molecular formula is C11H8ClN5O2S. The monoisotopic (exact) mass is 309 g/mol. The summed E-state index contributed by atoms with van der Waals surface area (Å²) in [6.45, 7) is 0. The lowest BCUT2D eigenvalue weighted by Gasteiger charge is -2.01. The molecule has 0 fully saturated rings. The average molecular weight is 310 g/mol. The van der Waals surface area contributed by atoms with Crippen LogP contribution in [0.2, 0.25) is 5.02 Å². The van der Waals surface area contributed by atoms with Gasteiger partial charge in [0.2, 0.25) is 5.91 Å². The maximum Gasteiger partial charge on any atom is 0.257 e. The van der Waals surface area contributed by atoms with Crippen LogP contribution < -0.4 is 5.43 Å². The van der Waals surface area contributed by atoms with Gasteiger partial charge in [0, 0.05) is 5.02 Å². The van der Waals surface area contributed by atoms with Crippen molar-refractivity contribution in [1.82, 2.24) is 19.9 Å². The molecule has 7 nitrogen and oxygen atoms in total. The van der Waals surface area contributed by atoms with Gasteiger partial charge in [-0.25, -0.2) is 9.66 Å². The Balaban J connectivity index is 1.63. The van der Waals surface area contributed by atoms with Crippen LogP contribution in [0.25, 0.3) is 11.1 Å². The zero-order valence-electron chi connectivity index (χ0n) is 9.99. The van der Waals surface area contributed by atoms with E-state index in [0.717, 1.165) is 0 Å². The van der Waals surface area contributed by atoms with Gasteiger partial charge in [-0.15, -0.1) is 10.2 Å². The maximum atomic E-state index is 11.7. The lowest BCUT2D eigenvalue weighted by molar-refractivity contribution is -0.114. The van der Waals surface area contributed by atoms with Crippen LogP contribution in [0.4, 0.5) is 0 Å². The molecule has 0 saturated carbocycles. The van der Waals surface area contributed by atoms with E-state index in [-0.39, 0.29) is 11.7 Å². The molecule has 0 bridgehead atoms. The minimum Gasteiger partial charge on any atom is -0.431 e. The Morgan fingerprint density at radius 3 is 3.00 bits per heavy atom. The fourth-order valence-corrected chi connectivity index (χ4v) is 2.30. The molecule has 2 heterocycles. The summed E-state index contributed by atoms with van der Waals surface area (Å²) in [5.74, 6) is -0.0475. The van der Waals surface area contributed by atoms with Crippen molar-refractivity contribution in [1.29, 1.82) is 0 Å². The van der Waals surface area contributed by atoms with E-state index in [1.807, 2.05) is 0 Å². The van der Waals surface area contributed by atoms with E-state index in [4.69, 9.17) is 16.0 Å². The number of thioether (sulfide) groups is 1. The van der Waals surface area contributed by atoms with Crippen molar-refractivity contribution < 1.29 is 9.21 Å². The van der Waals surface area contributed by atoms with Crippen molar-refractivity contribution in [3.63, 3.8) is 0 Å². The molecule has 1 aromatic carbocycles. The van der Waals surface area contributed by atoms with Crippen LogP contribution in [0.5, 0.6) is 0 Å². The first kappa shape index (κ1) is 12.9. The largest absolute Gasteiger partial charge is 0.431 e. The molecule has 3 rings (SSSR count). The highest BCUT2D eigenvalue weighted by molar-refractivity contribution is 7.99. The van der Waals surface area contributed by atoms with Crippen LogP contribution in [0, 0.1) is 0 Å². The van der Waals surface area contributed by atoms with Gasteiger partial charge in [0.05, 0.1) is 5.75 Å². The lowest BCUT2D eigenvalue weighted by atomic mass is 10.3. The zero-order chi connectivity index (χ0) is 13.9. The highest BCUT2D eigenvalue weighted by Gasteiger charge is 2.10. The standard InChI is InChI=1S/C11H8ClN5O2S/c12-7-1-2-9-8(3-7)15-11(19-9)20-4-10(18)16-17-5-13-14-6-17/h1-3,5-6H,4H2,(H,16,18). The van der Waals surface area contributed by atoms with Crippen LogP contribution in [-0.2, 0) is 4.79 Å². The van der Waals surface area contributed by atoms with Crippen LogP contribution in [0.15, 0.2) is 40.5 Å². The molecule has 0 aliphatic heterocycles. The number of oxazole rings is 1. The molecule has 0 saturated heterocycles. The lowest BCUT2D eigenvalue weighted by Crippen LogP contribution is -2.23. The number of hydrogen-bond donors (Lipinski definition) is 1. The minimum absolute atomic E-state index is 0.165. The maximum absolute atomic E-state index is 11.7. The highest BCUT2D eigenvalue weighted by atomic mass is 35.5. The predicted octanol–water partition coefficient (Wildman–Crippen LogP) is 1.94. The Morgan fingerprint density at radius 2 is 2.20 bits per heavy atom. The number of carbonyl (C=O) groups excluding carboxylic acids is 1. The smallest absolute Gasteiger partial charge is 0.257 e. The number of fused-ring (bicyclic) bond motifs is 1. The second kappa shape index (κ2) is 5.51. The van der Waals surface area contributed by atoms with Crippen molar-refractivity contribution in [2.45, 2.75) is 5.22 Å². The van der Waals surface area contributed by atoms with Crippen LogP contribution >= 0.6 is 23.4 Å². The summed E-state index contributed by atoms with van der Waals surface area (Å²) in [6, 6.07) is 5.18. The summed E-state index contributed by atoms with van der Waals surface area (Å²) in [5.41, 5.74) is 3.88. The molecule has 20 heavy (non-hydrogen) atoms. The van der Waals surface area contributed by atoms with Gasteiger partial charge in [0.25, 0.3) is 5.22 Å². The molecule has 1 amide bonds. The van der Waals surface area contributed by atoms with E-state index >= 15 is 0 Å². The summed E-state index contributed by atoms with van der Waals surface area (Å²) in [5, 5.41) is 8.17. The number of amides is 1. The predicted molar refractivity (Wildman–Crippen MR) is 74.1 cm³/mol. The fourth-order valence-electron chi connectivity index (χ4n) is 1.50. The Hall–Kier alpha value is -2.06. The molecule has 102 valence electrons. The Kier molecular flexibility index (Phi) is 3.57. The van der Waals surface area contributed by atoms with Crippen LogP contribution in [0.3, 0.4) is 0 Å².